The second kappa shape index (κ2) is 9.27. The Morgan fingerprint density at radius 3 is 2.64 bits per heavy atom. The molecule has 0 unspecified atom stereocenters. The van der Waals surface area contributed by atoms with Gasteiger partial charge < -0.3 is 9.88 Å². The van der Waals surface area contributed by atoms with Gasteiger partial charge in [0.15, 0.2) is 0 Å². The van der Waals surface area contributed by atoms with Crippen LogP contribution in [0.5, 0.6) is 0 Å². The highest BCUT2D eigenvalue weighted by Gasteiger charge is 2.26. The molecule has 5 nitrogen and oxygen atoms in total. The Kier molecular flexibility index (Phi) is 6.21. The van der Waals surface area contributed by atoms with Gasteiger partial charge in [-0.25, -0.2) is 0 Å². The van der Waals surface area contributed by atoms with Gasteiger partial charge in [-0.3, -0.25) is 14.6 Å². The Morgan fingerprint density at radius 2 is 1.85 bits per heavy atom. The number of hydrogen-bond acceptors (Lipinski definition) is 3. The van der Waals surface area contributed by atoms with Gasteiger partial charge in [-0.15, -0.1) is 0 Å². The molecular formula is C26H23BrClN3O2. The molecular weight excluding hydrogens is 502 g/mol. The van der Waals surface area contributed by atoms with Crippen LogP contribution in [0.25, 0.3) is 5.57 Å². The molecule has 168 valence electrons. The summed E-state index contributed by atoms with van der Waals surface area (Å²) in [6.45, 7) is 1.32. The molecule has 0 radical (unpaired) electrons. The smallest absolute Gasteiger partial charge is 0.248 e. The number of nitrogens with zero attached hydrogens (tertiary/aromatic N) is 2. The molecule has 1 fully saturated rings. The first kappa shape index (κ1) is 22.1. The Labute approximate surface area is 205 Å². The van der Waals surface area contributed by atoms with Crippen molar-refractivity contribution in [1.82, 2.24) is 14.9 Å². The number of carbonyl (C=O) groups excluding carboxylic acids is 1. The zero-order valence-corrected chi connectivity index (χ0v) is 20.4. The van der Waals surface area contributed by atoms with E-state index in [-0.39, 0.29) is 17.9 Å². The van der Waals surface area contributed by atoms with Crippen molar-refractivity contribution in [2.24, 2.45) is 0 Å². The second-order valence-electron chi connectivity index (χ2n) is 8.56. The van der Waals surface area contributed by atoms with E-state index in [0.717, 1.165) is 46.4 Å². The number of hydrogen-bond donors (Lipinski definition) is 1. The summed E-state index contributed by atoms with van der Waals surface area (Å²) in [5.74, 6) is 0.0557. The number of pyridine rings is 2. The van der Waals surface area contributed by atoms with Crippen molar-refractivity contribution in [3.8, 4) is 0 Å². The molecule has 5 rings (SSSR count). The number of carbonyl (C=O) groups is 1. The highest BCUT2D eigenvalue weighted by Crippen LogP contribution is 2.39. The summed E-state index contributed by atoms with van der Waals surface area (Å²) >= 11 is 9.89. The fourth-order valence-corrected chi connectivity index (χ4v) is 5.40. The highest BCUT2D eigenvalue weighted by molar-refractivity contribution is 9.10. The Balaban J connectivity index is 1.45. The Morgan fingerprint density at radius 1 is 1.06 bits per heavy atom. The van der Waals surface area contributed by atoms with E-state index in [9.17, 15) is 9.59 Å². The maximum absolute atomic E-state index is 12.9. The van der Waals surface area contributed by atoms with Crippen LogP contribution in [0.15, 0.2) is 63.6 Å². The summed E-state index contributed by atoms with van der Waals surface area (Å²) < 4.78 is 0.981. The minimum atomic E-state index is -0.184. The monoisotopic (exact) mass is 523 g/mol. The zero-order chi connectivity index (χ0) is 22.9. The largest absolute Gasteiger partial charge is 0.342 e. The number of piperidine rings is 1. The summed E-state index contributed by atoms with van der Waals surface area (Å²) in [5.41, 5.74) is 7.80. The molecule has 1 aliphatic carbocycles. The number of H-pyrrole nitrogens is 1. The molecule has 1 amide bonds. The van der Waals surface area contributed by atoms with Crippen LogP contribution in [0.1, 0.15) is 40.8 Å². The lowest BCUT2D eigenvalue weighted by atomic mass is 9.88. The molecule has 1 N–H and O–H groups in total. The summed E-state index contributed by atoms with van der Waals surface area (Å²) in [4.78, 5) is 33.7. The fourth-order valence-electron chi connectivity index (χ4n) is 4.83. The van der Waals surface area contributed by atoms with Crippen molar-refractivity contribution in [2.45, 2.75) is 32.1 Å². The number of fused-ring (bicyclic) bond motifs is 2. The summed E-state index contributed by atoms with van der Waals surface area (Å²) in [6.07, 6.45) is 7.12. The average Bonchev–Trinajstić information content (AvgIpc) is 2.95. The van der Waals surface area contributed by atoms with Crippen molar-refractivity contribution in [3.63, 3.8) is 0 Å². The van der Waals surface area contributed by atoms with Crippen LogP contribution in [0.3, 0.4) is 0 Å². The third kappa shape index (κ3) is 4.68. The molecule has 2 aliphatic rings. The molecule has 1 saturated heterocycles. The highest BCUT2D eigenvalue weighted by atomic mass is 79.9. The van der Waals surface area contributed by atoms with Crippen molar-refractivity contribution in [1.29, 1.82) is 0 Å². The second-order valence-corrected chi connectivity index (χ2v) is 9.91. The Bertz CT molecular complexity index is 1270. The van der Waals surface area contributed by atoms with Gasteiger partial charge in [-0.05, 0) is 88.1 Å². The van der Waals surface area contributed by atoms with Crippen molar-refractivity contribution in [3.05, 3.63) is 102 Å². The number of nitrogens with one attached hydrogen (secondary N) is 1. The van der Waals surface area contributed by atoms with Crippen molar-refractivity contribution >= 4 is 39.0 Å². The molecule has 3 aromatic rings. The van der Waals surface area contributed by atoms with Gasteiger partial charge in [-0.1, -0.05) is 23.2 Å². The zero-order valence-electron chi connectivity index (χ0n) is 18.0. The lowest BCUT2D eigenvalue weighted by Gasteiger charge is -2.30. The van der Waals surface area contributed by atoms with Crippen molar-refractivity contribution in [2.75, 3.05) is 13.1 Å². The number of aromatic nitrogens is 2. The fraction of sp³-hybridized carbons (Fsp3) is 0.269. The minimum Gasteiger partial charge on any atom is -0.342 e. The molecule has 3 heterocycles. The van der Waals surface area contributed by atoms with Gasteiger partial charge in [0.05, 0.1) is 12.1 Å². The number of rotatable bonds is 2. The number of amides is 1. The normalized spacial score (nSPS) is 15.6. The lowest BCUT2D eigenvalue weighted by Crippen LogP contribution is -2.37. The molecule has 0 atom stereocenters. The lowest BCUT2D eigenvalue weighted by molar-refractivity contribution is -0.130. The molecule has 1 aromatic carbocycles. The SMILES string of the molecule is O=C(Cc1cc[nH]c(=O)c1)N1CCC(=C2c3ccc(Cl)cc3CCc3cc(Br)cnc32)CC1. The van der Waals surface area contributed by atoms with Gasteiger partial charge in [0.2, 0.25) is 11.5 Å². The van der Waals surface area contributed by atoms with Crippen molar-refractivity contribution < 1.29 is 4.79 Å². The standard InChI is InChI=1S/C26H23BrClN3O2/c27-20-13-19-2-1-18-14-21(28)3-4-22(18)25(26(19)30-15-20)17-6-9-31(10-7-17)24(33)12-16-5-8-29-23(32)11-16/h3-5,8,11,13-15H,1-2,6-7,9-10,12H2,(H,29,32). The molecule has 0 saturated carbocycles. The molecule has 33 heavy (non-hydrogen) atoms. The van der Waals surface area contributed by atoms with Gasteiger partial charge >= 0.3 is 0 Å². The average molecular weight is 525 g/mol. The summed E-state index contributed by atoms with van der Waals surface area (Å²) in [6, 6.07) is 11.6. The first-order valence-corrected chi connectivity index (χ1v) is 12.3. The van der Waals surface area contributed by atoms with E-state index in [2.05, 4.69) is 39.1 Å². The van der Waals surface area contributed by atoms with Crippen LogP contribution in [0.4, 0.5) is 0 Å². The van der Waals surface area contributed by atoms with Gasteiger partial charge in [-0.2, -0.15) is 0 Å². The van der Waals surface area contributed by atoms with Crippen LogP contribution in [0.2, 0.25) is 5.02 Å². The molecule has 0 spiro atoms. The maximum Gasteiger partial charge on any atom is 0.248 e. The molecule has 2 aromatic heterocycles. The maximum atomic E-state index is 12.9. The van der Waals surface area contributed by atoms with Crippen LogP contribution >= 0.6 is 27.5 Å². The number of benzene rings is 1. The predicted molar refractivity (Wildman–Crippen MR) is 133 cm³/mol. The van der Waals surface area contributed by atoms with E-state index in [1.165, 1.54) is 33.9 Å². The predicted octanol–water partition coefficient (Wildman–Crippen LogP) is 4.95. The third-order valence-electron chi connectivity index (χ3n) is 6.44. The number of halogens is 2. The van der Waals surface area contributed by atoms with Gasteiger partial charge in [0, 0.05) is 46.6 Å². The quantitative estimate of drug-likeness (QED) is 0.516. The van der Waals surface area contributed by atoms with E-state index in [1.54, 1.807) is 12.3 Å². The molecule has 7 heteroatoms. The minimum absolute atomic E-state index is 0.0557. The van der Waals surface area contributed by atoms with E-state index in [0.29, 0.717) is 13.1 Å². The topological polar surface area (TPSA) is 66.1 Å². The summed E-state index contributed by atoms with van der Waals surface area (Å²) in [7, 11) is 0. The van der Waals surface area contributed by atoms with E-state index < -0.39 is 0 Å². The summed E-state index contributed by atoms with van der Waals surface area (Å²) in [5, 5.41) is 0.748. The van der Waals surface area contributed by atoms with Crippen LogP contribution in [-0.4, -0.2) is 33.9 Å². The van der Waals surface area contributed by atoms with Gasteiger partial charge in [0.1, 0.15) is 0 Å². The van der Waals surface area contributed by atoms with Crippen LogP contribution in [-0.2, 0) is 24.1 Å². The van der Waals surface area contributed by atoms with E-state index in [1.807, 2.05) is 17.2 Å². The van der Waals surface area contributed by atoms with Crippen LogP contribution < -0.4 is 5.56 Å². The number of aromatic amines is 1. The van der Waals surface area contributed by atoms with Gasteiger partial charge in [0.25, 0.3) is 0 Å². The first-order valence-electron chi connectivity index (χ1n) is 11.1. The third-order valence-corrected chi connectivity index (χ3v) is 7.11. The number of likely N-dealkylation sites (tertiary alicyclic amines) is 1. The van der Waals surface area contributed by atoms with E-state index in [4.69, 9.17) is 16.6 Å². The Hall–Kier alpha value is -2.70. The molecule has 1 aliphatic heterocycles. The molecule has 0 bridgehead atoms. The van der Waals surface area contributed by atoms with Crippen LogP contribution in [0, 0.1) is 0 Å². The first-order chi connectivity index (χ1) is 16.0. The number of aryl methyl sites for hydroxylation is 2. The van der Waals surface area contributed by atoms with E-state index >= 15 is 0 Å².